The molecule has 2 atom stereocenters. The quantitative estimate of drug-likeness (QED) is 0.692. The number of carboxylic acids is 1. The summed E-state index contributed by atoms with van der Waals surface area (Å²) in [5.74, 6) is 0.0999. The lowest BCUT2D eigenvalue weighted by molar-refractivity contribution is -0.138. The monoisotopic (exact) mass is 401 g/mol. The number of hydrogen-bond donors (Lipinski definition) is 2. The number of carboxylic acid groups (broad SMARTS) is 1. The third-order valence-corrected chi connectivity index (χ3v) is 5.38. The number of hydrogen-bond acceptors (Lipinski definition) is 5. The zero-order chi connectivity index (χ0) is 19.4. The Balaban J connectivity index is 1.57. The Morgan fingerprint density at radius 2 is 1.70 bits per heavy atom. The molecule has 1 heterocycles. The van der Waals surface area contributed by atoms with E-state index in [-0.39, 0.29) is 17.6 Å². The molecule has 1 saturated heterocycles. The molecule has 2 aromatic carbocycles. The van der Waals surface area contributed by atoms with Crippen LogP contribution in [0.15, 0.2) is 48.5 Å². The Bertz CT molecular complexity index is 853. The Morgan fingerprint density at radius 3 is 2.19 bits per heavy atom. The molecular formula is C19H17N2O4S2. The van der Waals surface area contributed by atoms with Gasteiger partial charge < -0.3 is 15.2 Å². The second-order valence-electron chi connectivity index (χ2n) is 6.07. The first-order valence-electron chi connectivity index (χ1n) is 8.22. The average molecular weight is 401 g/mol. The Hall–Kier alpha value is -2.42. The van der Waals surface area contributed by atoms with Gasteiger partial charge in [0.1, 0.15) is 21.9 Å². The highest BCUT2D eigenvalue weighted by Gasteiger charge is 2.28. The molecule has 6 nitrogen and oxygen atoms in total. The summed E-state index contributed by atoms with van der Waals surface area (Å²) in [5, 5.41) is 11.2. The van der Waals surface area contributed by atoms with Gasteiger partial charge in [-0.3, -0.25) is 9.59 Å². The van der Waals surface area contributed by atoms with Gasteiger partial charge in [0.25, 0.3) is 0 Å². The van der Waals surface area contributed by atoms with Crippen LogP contribution in [0, 0.1) is 0 Å². The summed E-state index contributed by atoms with van der Waals surface area (Å²) in [5.41, 5.74) is 9.24. The van der Waals surface area contributed by atoms with Gasteiger partial charge in [0.15, 0.2) is 0 Å². The summed E-state index contributed by atoms with van der Waals surface area (Å²) in [6.07, 6.45) is 0.754. The number of carbonyl (C=O) groups excluding carboxylic acids is 1. The van der Waals surface area contributed by atoms with E-state index in [0.717, 1.165) is 11.1 Å². The maximum absolute atomic E-state index is 11.7. The third-order valence-electron chi connectivity index (χ3n) is 4.01. The van der Waals surface area contributed by atoms with E-state index in [1.165, 1.54) is 11.8 Å². The molecule has 3 rings (SSSR count). The Labute approximate surface area is 166 Å². The highest BCUT2D eigenvalue weighted by molar-refractivity contribution is 8.24. The summed E-state index contributed by atoms with van der Waals surface area (Å²) in [6.45, 7) is 0. The van der Waals surface area contributed by atoms with E-state index in [2.05, 4.69) is 5.32 Å². The normalized spacial score (nSPS) is 17.4. The van der Waals surface area contributed by atoms with Crippen molar-refractivity contribution in [2.45, 2.75) is 24.1 Å². The van der Waals surface area contributed by atoms with Crippen LogP contribution in [0.2, 0.25) is 0 Å². The van der Waals surface area contributed by atoms with Crippen LogP contribution >= 0.6 is 24.0 Å². The first-order valence-corrected chi connectivity index (χ1v) is 9.50. The van der Waals surface area contributed by atoms with Gasteiger partial charge >= 0.3 is 5.97 Å². The predicted molar refractivity (Wildman–Crippen MR) is 107 cm³/mol. The smallest absolute Gasteiger partial charge is 0.322 e. The third kappa shape index (κ3) is 5.29. The SMILES string of the molecule is [NH]C(Cc1ccc(Oc2ccc(CC3SC(=S)NC3=O)cc2)cc1)C(=O)O. The van der Waals surface area contributed by atoms with Crippen molar-refractivity contribution in [2.75, 3.05) is 0 Å². The molecule has 1 amide bonds. The van der Waals surface area contributed by atoms with E-state index >= 15 is 0 Å². The van der Waals surface area contributed by atoms with E-state index in [1.807, 2.05) is 24.3 Å². The Morgan fingerprint density at radius 1 is 1.15 bits per heavy atom. The molecule has 8 heteroatoms. The van der Waals surface area contributed by atoms with Gasteiger partial charge in [0.2, 0.25) is 5.91 Å². The minimum Gasteiger partial charge on any atom is -0.480 e. The maximum Gasteiger partial charge on any atom is 0.322 e. The van der Waals surface area contributed by atoms with Crippen molar-refractivity contribution < 1.29 is 19.4 Å². The van der Waals surface area contributed by atoms with Crippen LogP contribution in [0.25, 0.3) is 0 Å². The molecule has 3 N–H and O–H groups in total. The highest BCUT2D eigenvalue weighted by atomic mass is 32.2. The number of amides is 1. The van der Waals surface area contributed by atoms with Gasteiger partial charge in [-0.25, -0.2) is 5.73 Å². The number of carbonyl (C=O) groups is 2. The van der Waals surface area contributed by atoms with Crippen molar-refractivity contribution in [1.29, 1.82) is 0 Å². The minimum absolute atomic E-state index is 0.0526. The van der Waals surface area contributed by atoms with Crippen LogP contribution in [0.3, 0.4) is 0 Å². The molecule has 2 aromatic rings. The molecular weight excluding hydrogens is 384 g/mol. The summed E-state index contributed by atoms with van der Waals surface area (Å²) in [4.78, 5) is 22.5. The molecule has 2 unspecified atom stereocenters. The molecule has 0 aliphatic carbocycles. The molecule has 0 bridgehead atoms. The highest BCUT2D eigenvalue weighted by Crippen LogP contribution is 2.26. The van der Waals surface area contributed by atoms with Crippen LogP contribution < -0.4 is 15.8 Å². The number of thioether (sulfide) groups is 1. The number of ether oxygens (including phenoxy) is 1. The molecule has 0 spiro atoms. The fraction of sp³-hybridized carbons (Fsp3) is 0.211. The number of benzene rings is 2. The van der Waals surface area contributed by atoms with E-state index < -0.39 is 12.0 Å². The Kier molecular flexibility index (Phi) is 6.10. The molecule has 1 fully saturated rings. The summed E-state index contributed by atoms with van der Waals surface area (Å²) >= 11 is 6.37. The summed E-state index contributed by atoms with van der Waals surface area (Å²) < 4.78 is 6.30. The fourth-order valence-electron chi connectivity index (χ4n) is 2.59. The van der Waals surface area contributed by atoms with E-state index in [1.54, 1.807) is 24.3 Å². The van der Waals surface area contributed by atoms with E-state index in [9.17, 15) is 9.59 Å². The van der Waals surface area contributed by atoms with Gasteiger partial charge in [-0.2, -0.15) is 0 Å². The number of nitrogens with one attached hydrogen (secondary N) is 2. The largest absolute Gasteiger partial charge is 0.480 e. The fourth-order valence-corrected chi connectivity index (χ4v) is 3.90. The molecule has 139 valence electrons. The number of thiocarbonyl (C=S) groups is 1. The van der Waals surface area contributed by atoms with Crippen LogP contribution in [-0.2, 0) is 22.4 Å². The lowest BCUT2D eigenvalue weighted by Crippen LogP contribution is -2.25. The van der Waals surface area contributed by atoms with Crippen molar-refractivity contribution in [3.63, 3.8) is 0 Å². The van der Waals surface area contributed by atoms with Gasteiger partial charge in [0.05, 0.1) is 5.25 Å². The van der Waals surface area contributed by atoms with E-state index in [0.29, 0.717) is 22.2 Å². The van der Waals surface area contributed by atoms with Crippen molar-refractivity contribution >= 4 is 40.2 Å². The van der Waals surface area contributed by atoms with Gasteiger partial charge in [-0.05, 0) is 48.2 Å². The van der Waals surface area contributed by atoms with Crippen LogP contribution in [0.1, 0.15) is 11.1 Å². The maximum atomic E-state index is 11.7. The van der Waals surface area contributed by atoms with Crippen molar-refractivity contribution in [2.24, 2.45) is 0 Å². The number of aliphatic carboxylic acids is 1. The molecule has 27 heavy (non-hydrogen) atoms. The standard InChI is InChI=1S/C19H17N2O4S2/c20-15(18(23)24)9-11-1-5-13(6-2-11)25-14-7-3-12(4-8-14)10-16-17(22)21-19(26)27-16/h1-8,15-16,20H,9-10H2,(H,23,24)(H,21,22,26). The van der Waals surface area contributed by atoms with Crippen LogP contribution in [0.4, 0.5) is 0 Å². The topological polar surface area (TPSA) is 99.4 Å². The molecule has 1 aliphatic heterocycles. The zero-order valence-electron chi connectivity index (χ0n) is 14.2. The molecule has 0 saturated carbocycles. The molecule has 0 aromatic heterocycles. The van der Waals surface area contributed by atoms with Crippen molar-refractivity contribution in [1.82, 2.24) is 11.1 Å². The lowest BCUT2D eigenvalue weighted by Gasteiger charge is -2.10. The summed E-state index contributed by atoms with van der Waals surface area (Å²) in [6, 6.07) is 13.3. The van der Waals surface area contributed by atoms with Crippen molar-refractivity contribution in [3.05, 3.63) is 59.7 Å². The van der Waals surface area contributed by atoms with E-state index in [4.69, 9.17) is 27.8 Å². The lowest BCUT2D eigenvalue weighted by atomic mass is 10.1. The van der Waals surface area contributed by atoms with Gasteiger partial charge in [-0.15, -0.1) is 0 Å². The second kappa shape index (κ2) is 8.51. The zero-order valence-corrected chi connectivity index (χ0v) is 15.8. The van der Waals surface area contributed by atoms with Gasteiger partial charge in [-0.1, -0.05) is 48.2 Å². The van der Waals surface area contributed by atoms with Gasteiger partial charge in [0, 0.05) is 0 Å². The number of rotatable bonds is 7. The van der Waals surface area contributed by atoms with Crippen LogP contribution in [0.5, 0.6) is 11.5 Å². The minimum atomic E-state index is -1.17. The molecule has 1 radical (unpaired) electrons. The summed E-state index contributed by atoms with van der Waals surface area (Å²) in [7, 11) is 0. The molecule has 1 aliphatic rings. The first kappa shape index (κ1) is 19.3. The average Bonchev–Trinajstić information content (AvgIpc) is 2.95. The predicted octanol–water partition coefficient (Wildman–Crippen LogP) is 2.82. The first-order chi connectivity index (χ1) is 12.9. The van der Waals surface area contributed by atoms with Crippen molar-refractivity contribution in [3.8, 4) is 11.5 Å². The van der Waals surface area contributed by atoms with Crippen LogP contribution in [-0.4, -0.2) is 32.6 Å². The second-order valence-corrected chi connectivity index (χ2v) is 7.95.